The fourth-order valence-electron chi connectivity index (χ4n) is 3.90. The molecule has 162 valence electrons. The van der Waals surface area contributed by atoms with Crippen molar-refractivity contribution < 1.29 is 0 Å². The van der Waals surface area contributed by atoms with Crippen LogP contribution in [-0.4, -0.2) is 0 Å². The van der Waals surface area contributed by atoms with E-state index in [2.05, 4.69) is 142 Å². The van der Waals surface area contributed by atoms with Crippen LogP contribution in [0.5, 0.6) is 0 Å². The highest BCUT2D eigenvalue weighted by atomic mass is 79.9. The third-order valence-electron chi connectivity index (χ3n) is 5.55. The lowest BCUT2D eigenvalue weighted by atomic mass is 10.0. The second kappa shape index (κ2) is 10.6. The molecule has 3 heteroatoms. The monoisotopic (exact) mass is 509 g/mol. The van der Waals surface area contributed by atoms with Gasteiger partial charge in [-0.2, -0.15) is 13.5 Å². The summed E-state index contributed by atoms with van der Waals surface area (Å²) >= 11 is 3.56. The van der Waals surface area contributed by atoms with Gasteiger partial charge in [0.15, 0.2) is 0 Å². The average molecular weight is 511 g/mol. The Morgan fingerprint density at radius 1 is 0.364 bits per heavy atom. The lowest BCUT2D eigenvalue weighted by molar-refractivity contribution is 1.28. The van der Waals surface area contributed by atoms with E-state index in [9.17, 15) is 0 Å². The van der Waals surface area contributed by atoms with Gasteiger partial charge in [-0.05, 0) is 70.8 Å². The molecule has 0 heterocycles. The Morgan fingerprint density at radius 2 is 0.667 bits per heavy atom. The first kappa shape index (κ1) is 22.9. The van der Waals surface area contributed by atoms with Gasteiger partial charge in [-0.25, -0.2) is 0 Å². The summed E-state index contributed by atoms with van der Waals surface area (Å²) in [5.74, 6) is 0. The topological polar surface area (TPSA) is 3.24 Å². The minimum Gasteiger partial charge on any atom is -0.311 e. The van der Waals surface area contributed by atoms with Gasteiger partial charge in [-0.15, -0.1) is 0 Å². The van der Waals surface area contributed by atoms with Crippen LogP contribution in [0.3, 0.4) is 0 Å². The Bertz CT molecular complexity index is 1200. The zero-order chi connectivity index (χ0) is 21.8. The molecule has 0 aliphatic carbocycles. The fourth-order valence-corrected chi connectivity index (χ4v) is 4.17. The second-order valence-corrected chi connectivity index (χ2v) is 8.55. The van der Waals surface area contributed by atoms with Gasteiger partial charge in [0.1, 0.15) is 0 Å². The molecule has 0 bridgehead atoms. The van der Waals surface area contributed by atoms with Crippen molar-refractivity contribution in [3.63, 3.8) is 0 Å². The molecule has 0 amide bonds. The normalized spacial score (nSPS) is 10.3. The quantitative estimate of drug-likeness (QED) is 0.228. The summed E-state index contributed by atoms with van der Waals surface area (Å²) in [5, 5.41) is 0. The van der Waals surface area contributed by atoms with Crippen molar-refractivity contribution in [1.29, 1.82) is 0 Å². The SMILES string of the molecule is Brc1ccc(N(c2ccc(-c3ccccc3)cc2)c2ccc(-c3ccccc3)cc2)cc1.S. The first-order chi connectivity index (χ1) is 15.8. The largest absolute Gasteiger partial charge is 0.311 e. The second-order valence-electron chi connectivity index (χ2n) is 7.64. The molecule has 0 atom stereocenters. The van der Waals surface area contributed by atoms with E-state index in [1.165, 1.54) is 22.3 Å². The number of hydrogen-bond donors (Lipinski definition) is 0. The summed E-state index contributed by atoms with van der Waals surface area (Å²) < 4.78 is 1.07. The van der Waals surface area contributed by atoms with Crippen LogP contribution in [0.1, 0.15) is 0 Å². The van der Waals surface area contributed by atoms with Crippen molar-refractivity contribution in [2.45, 2.75) is 0 Å². The van der Waals surface area contributed by atoms with Crippen LogP contribution in [0.2, 0.25) is 0 Å². The van der Waals surface area contributed by atoms with Crippen LogP contribution in [0.25, 0.3) is 22.3 Å². The van der Waals surface area contributed by atoms with Gasteiger partial charge in [-0.3, -0.25) is 0 Å². The number of hydrogen-bond acceptors (Lipinski definition) is 1. The van der Waals surface area contributed by atoms with Crippen molar-refractivity contribution in [3.8, 4) is 22.3 Å². The van der Waals surface area contributed by atoms with Crippen molar-refractivity contribution in [2.24, 2.45) is 0 Å². The molecular weight excluding hydrogens is 486 g/mol. The standard InChI is InChI=1S/C30H22BrN.H2S/c31-27-15-21-30(22-16-27)32(28-17-11-25(12-18-28)23-7-3-1-4-8-23)29-19-13-26(14-20-29)24-9-5-2-6-10-24;/h1-22H;1H2. The number of anilines is 3. The van der Waals surface area contributed by atoms with Crippen LogP contribution in [0.4, 0.5) is 17.1 Å². The summed E-state index contributed by atoms with van der Waals surface area (Å²) in [7, 11) is 0. The Kier molecular flexibility index (Phi) is 7.33. The van der Waals surface area contributed by atoms with Crippen LogP contribution in [0, 0.1) is 0 Å². The number of nitrogens with zero attached hydrogens (tertiary/aromatic N) is 1. The van der Waals surface area contributed by atoms with Crippen molar-refractivity contribution in [2.75, 3.05) is 4.90 Å². The maximum absolute atomic E-state index is 3.56. The molecule has 1 nitrogen and oxygen atoms in total. The smallest absolute Gasteiger partial charge is 0.0462 e. The van der Waals surface area contributed by atoms with Crippen molar-refractivity contribution in [1.82, 2.24) is 0 Å². The van der Waals surface area contributed by atoms with Gasteiger partial charge in [0.25, 0.3) is 0 Å². The molecule has 0 saturated heterocycles. The molecule has 0 unspecified atom stereocenters. The molecular formula is C30H24BrNS. The van der Waals surface area contributed by atoms with Crippen LogP contribution in [-0.2, 0) is 0 Å². The van der Waals surface area contributed by atoms with Crippen molar-refractivity contribution in [3.05, 3.63) is 138 Å². The van der Waals surface area contributed by atoms with E-state index in [1.54, 1.807) is 0 Å². The van der Waals surface area contributed by atoms with Crippen LogP contribution >= 0.6 is 29.4 Å². The molecule has 0 aliphatic rings. The van der Waals surface area contributed by atoms with Crippen molar-refractivity contribution >= 4 is 46.5 Å². The fraction of sp³-hybridized carbons (Fsp3) is 0. The zero-order valence-corrected chi connectivity index (χ0v) is 20.6. The third kappa shape index (κ3) is 5.22. The van der Waals surface area contributed by atoms with Gasteiger partial charge in [0, 0.05) is 21.5 Å². The van der Waals surface area contributed by atoms with Crippen LogP contribution < -0.4 is 4.90 Å². The number of rotatable bonds is 5. The Labute approximate surface area is 210 Å². The van der Waals surface area contributed by atoms with E-state index >= 15 is 0 Å². The average Bonchev–Trinajstić information content (AvgIpc) is 2.87. The summed E-state index contributed by atoms with van der Waals surface area (Å²) in [5.41, 5.74) is 8.24. The molecule has 0 saturated carbocycles. The predicted octanol–water partition coefficient (Wildman–Crippen LogP) is 9.37. The molecule has 0 N–H and O–H groups in total. The summed E-state index contributed by atoms with van der Waals surface area (Å²) in [6.07, 6.45) is 0. The molecule has 5 rings (SSSR count). The molecule has 5 aromatic carbocycles. The Balaban J connectivity index is 0.00000259. The molecule has 0 spiro atoms. The highest BCUT2D eigenvalue weighted by Gasteiger charge is 2.13. The van der Waals surface area contributed by atoms with Gasteiger partial charge in [0.2, 0.25) is 0 Å². The lowest BCUT2D eigenvalue weighted by Gasteiger charge is -2.26. The molecule has 0 fully saturated rings. The van der Waals surface area contributed by atoms with Gasteiger partial charge >= 0.3 is 0 Å². The summed E-state index contributed by atoms with van der Waals surface area (Å²) in [6, 6.07) is 46.9. The van der Waals surface area contributed by atoms with E-state index in [-0.39, 0.29) is 13.5 Å². The minimum absolute atomic E-state index is 0. The highest BCUT2D eigenvalue weighted by Crippen LogP contribution is 2.37. The first-order valence-electron chi connectivity index (χ1n) is 10.6. The number of benzene rings is 5. The Hall–Kier alpha value is -3.27. The minimum atomic E-state index is 0. The molecule has 5 aromatic rings. The predicted molar refractivity (Wildman–Crippen MR) is 150 cm³/mol. The van der Waals surface area contributed by atoms with E-state index in [1.807, 2.05) is 12.1 Å². The van der Waals surface area contributed by atoms with Gasteiger partial charge < -0.3 is 4.90 Å². The molecule has 0 aliphatic heterocycles. The van der Waals surface area contributed by atoms with E-state index in [0.29, 0.717) is 0 Å². The summed E-state index contributed by atoms with van der Waals surface area (Å²) in [6.45, 7) is 0. The summed E-state index contributed by atoms with van der Waals surface area (Å²) in [4.78, 5) is 2.29. The molecule has 0 aromatic heterocycles. The van der Waals surface area contributed by atoms with E-state index in [0.717, 1.165) is 21.5 Å². The molecule has 0 radical (unpaired) electrons. The van der Waals surface area contributed by atoms with Crippen LogP contribution in [0.15, 0.2) is 138 Å². The lowest BCUT2D eigenvalue weighted by Crippen LogP contribution is -2.09. The highest BCUT2D eigenvalue weighted by molar-refractivity contribution is 9.10. The zero-order valence-electron chi connectivity index (χ0n) is 18.0. The van der Waals surface area contributed by atoms with Gasteiger partial charge in [0.05, 0.1) is 0 Å². The van der Waals surface area contributed by atoms with Gasteiger partial charge in [-0.1, -0.05) is 101 Å². The van der Waals surface area contributed by atoms with E-state index < -0.39 is 0 Å². The first-order valence-corrected chi connectivity index (χ1v) is 11.4. The third-order valence-corrected chi connectivity index (χ3v) is 6.08. The Morgan fingerprint density at radius 3 is 1.03 bits per heavy atom. The van der Waals surface area contributed by atoms with E-state index in [4.69, 9.17) is 0 Å². The number of halogens is 1. The molecule has 33 heavy (non-hydrogen) atoms. The maximum Gasteiger partial charge on any atom is 0.0462 e. The maximum atomic E-state index is 3.56.